The first-order valence-corrected chi connectivity index (χ1v) is 15.0. The molecule has 0 atom stereocenters. The quantitative estimate of drug-likeness (QED) is 0.132. The number of nitrogens with zero attached hydrogens (tertiary/aromatic N) is 4. The van der Waals surface area contributed by atoms with Crippen molar-refractivity contribution in [2.24, 2.45) is 5.41 Å². The molecule has 228 valence electrons. The Kier molecular flexibility index (Phi) is 7.79. The van der Waals surface area contributed by atoms with Crippen molar-refractivity contribution >= 4 is 45.6 Å². The summed E-state index contributed by atoms with van der Waals surface area (Å²) in [6.07, 6.45) is 7.35. The maximum Gasteiger partial charge on any atom is 2.00 e. The Balaban J connectivity index is 0.00000357. The Morgan fingerprint density at radius 1 is 0.844 bits per heavy atom. The second kappa shape index (κ2) is 11.5. The molecule has 0 aliphatic carbocycles. The van der Waals surface area contributed by atoms with Crippen LogP contribution in [0.25, 0.3) is 21.8 Å². The summed E-state index contributed by atoms with van der Waals surface area (Å²) < 4.78 is 10.6. The first-order chi connectivity index (χ1) is 21.1. The van der Waals surface area contributed by atoms with Gasteiger partial charge in [-0.3, -0.25) is 9.14 Å². The fourth-order valence-electron chi connectivity index (χ4n) is 6.18. The van der Waals surface area contributed by atoms with E-state index in [1.807, 2.05) is 35.0 Å². The van der Waals surface area contributed by atoms with Crippen LogP contribution >= 0.6 is 0 Å². The molecule has 6 heteroatoms. The number of anilines is 3. The molecule has 4 aromatic carbocycles. The topological polar surface area (TPSA) is 23.6 Å². The summed E-state index contributed by atoms with van der Waals surface area (Å²) in [5.74, 6) is 2.11. The van der Waals surface area contributed by atoms with Gasteiger partial charge in [0.15, 0.2) is 0 Å². The zero-order valence-electron chi connectivity index (χ0n) is 26.2. The van der Waals surface area contributed by atoms with Crippen molar-refractivity contribution in [1.29, 1.82) is 0 Å². The summed E-state index contributed by atoms with van der Waals surface area (Å²) in [7, 11) is 0. The SMILES string of the molecule is C=C1N(c2[c-]c(Oc3[c-]c4c(cc3)c3ccccc3n4[C-]3C=C(C(C)(C)C)C=C[N+]3=C)ccc2)c2ccccc2N1C(C)C.[Pt+2]. The van der Waals surface area contributed by atoms with Crippen LogP contribution in [-0.4, -0.2) is 21.9 Å². The first kappa shape index (κ1) is 30.6. The molecule has 0 saturated heterocycles. The van der Waals surface area contributed by atoms with Crippen LogP contribution in [0, 0.1) is 23.7 Å². The van der Waals surface area contributed by atoms with E-state index in [1.54, 1.807) is 0 Å². The largest absolute Gasteiger partial charge is 2.00 e. The fourth-order valence-corrected chi connectivity index (χ4v) is 6.18. The van der Waals surface area contributed by atoms with E-state index in [-0.39, 0.29) is 32.5 Å². The van der Waals surface area contributed by atoms with Crippen LogP contribution in [0.2, 0.25) is 0 Å². The molecule has 0 unspecified atom stereocenters. The van der Waals surface area contributed by atoms with Crippen molar-refractivity contribution < 1.29 is 30.4 Å². The number of hydrogen-bond donors (Lipinski definition) is 0. The number of hydrogen-bond acceptors (Lipinski definition) is 3. The van der Waals surface area contributed by atoms with Crippen molar-refractivity contribution in [2.45, 2.75) is 40.7 Å². The minimum Gasteiger partial charge on any atom is -0.510 e. The van der Waals surface area contributed by atoms with Gasteiger partial charge in [-0.05, 0) is 49.1 Å². The zero-order valence-corrected chi connectivity index (χ0v) is 28.5. The van der Waals surface area contributed by atoms with Gasteiger partial charge in [0.25, 0.3) is 0 Å². The minimum atomic E-state index is -0.00599. The Hall–Kier alpha value is -4.47. The molecule has 7 rings (SSSR count). The third kappa shape index (κ3) is 5.19. The van der Waals surface area contributed by atoms with Crippen LogP contribution in [0.3, 0.4) is 0 Å². The summed E-state index contributed by atoms with van der Waals surface area (Å²) >= 11 is 0. The zero-order chi connectivity index (χ0) is 30.7. The van der Waals surface area contributed by atoms with Crippen LogP contribution in [0.5, 0.6) is 11.5 Å². The molecule has 5 aromatic rings. The van der Waals surface area contributed by atoms with Gasteiger partial charge in [-0.15, -0.1) is 35.7 Å². The van der Waals surface area contributed by atoms with Gasteiger partial charge in [-0.25, -0.2) is 0 Å². The number of benzene rings is 4. The predicted molar refractivity (Wildman–Crippen MR) is 182 cm³/mol. The van der Waals surface area contributed by atoms with Gasteiger partial charge in [-0.1, -0.05) is 80.4 Å². The maximum absolute atomic E-state index is 6.46. The number of aromatic nitrogens is 1. The normalized spacial score (nSPS) is 14.8. The molecule has 0 fully saturated rings. The third-order valence-electron chi connectivity index (χ3n) is 8.31. The molecule has 2 aliphatic heterocycles. The van der Waals surface area contributed by atoms with Gasteiger partial charge in [0.1, 0.15) is 5.82 Å². The monoisotopic (exact) mass is 771 g/mol. The summed E-state index contributed by atoms with van der Waals surface area (Å²) in [6, 6.07) is 34.2. The molecular formula is C39H36N4OPt. The Morgan fingerprint density at radius 2 is 1.56 bits per heavy atom. The first-order valence-electron chi connectivity index (χ1n) is 15.0. The van der Waals surface area contributed by atoms with Gasteiger partial charge >= 0.3 is 21.1 Å². The predicted octanol–water partition coefficient (Wildman–Crippen LogP) is 9.57. The van der Waals surface area contributed by atoms with Crippen molar-refractivity contribution in [3.63, 3.8) is 0 Å². The van der Waals surface area contributed by atoms with E-state index in [4.69, 9.17) is 4.74 Å². The Labute approximate surface area is 280 Å². The summed E-state index contributed by atoms with van der Waals surface area (Å²) in [5.41, 5.74) is 6.34. The van der Waals surface area contributed by atoms with Gasteiger partial charge in [0.05, 0.1) is 16.9 Å². The molecule has 5 nitrogen and oxygen atoms in total. The van der Waals surface area contributed by atoms with Crippen molar-refractivity contribution in [2.75, 3.05) is 9.80 Å². The summed E-state index contributed by atoms with van der Waals surface area (Å²) in [6.45, 7) is 19.8. The summed E-state index contributed by atoms with van der Waals surface area (Å²) in [5, 5.41) is 2.26. The van der Waals surface area contributed by atoms with E-state index < -0.39 is 0 Å². The van der Waals surface area contributed by atoms with Crippen LogP contribution < -0.4 is 14.5 Å². The number of fused-ring (bicyclic) bond motifs is 4. The van der Waals surface area contributed by atoms with Crippen LogP contribution in [-0.2, 0) is 21.1 Å². The number of rotatable bonds is 5. The Morgan fingerprint density at radius 3 is 2.31 bits per heavy atom. The Bertz CT molecular complexity index is 2030. The average Bonchev–Trinajstić information content (AvgIpc) is 3.48. The number of para-hydroxylation sites is 3. The van der Waals surface area contributed by atoms with E-state index in [0.717, 1.165) is 50.9 Å². The smallest absolute Gasteiger partial charge is 0.510 e. The number of allylic oxidation sites excluding steroid dienone is 2. The van der Waals surface area contributed by atoms with Crippen LogP contribution in [0.15, 0.2) is 115 Å². The average molecular weight is 772 g/mol. The second-order valence-corrected chi connectivity index (χ2v) is 12.6. The third-order valence-corrected chi connectivity index (χ3v) is 8.31. The molecule has 3 heterocycles. The van der Waals surface area contributed by atoms with E-state index in [2.05, 4.69) is 141 Å². The van der Waals surface area contributed by atoms with Gasteiger partial charge in [0, 0.05) is 30.5 Å². The van der Waals surface area contributed by atoms with Crippen LogP contribution in [0.1, 0.15) is 34.6 Å². The van der Waals surface area contributed by atoms with Crippen molar-refractivity contribution in [3.05, 3.63) is 133 Å². The van der Waals surface area contributed by atoms with E-state index in [1.165, 1.54) is 5.57 Å². The molecule has 0 spiro atoms. The molecular weight excluding hydrogens is 736 g/mol. The van der Waals surface area contributed by atoms with Crippen LogP contribution in [0.4, 0.5) is 17.1 Å². The molecule has 0 bridgehead atoms. The molecule has 2 aliphatic rings. The van der Waals surface area contributed by atoms with Crippen molar-refractivity contribution in [3.8, 4) is 11.5 Å². The molecule has 0 radical (unpaired) electrons. The molecule has 0 saturated carbocycles. The maximum atomic E-state index is 6.46. The van der Waals surface area contributed by atoms with Gasteiger partial charge < -0.3 is 14.5 Å². The molecule has 45 heavy (non-hydrogen) atoms. The van der Waals surface area contributed by atoms with Gasteiger partial charge in [0.2, 0.25) is 6.17 Å². The van der Waals surface area contributed by atoms with E-state index in [0.29, 0.717) is 11.5 Å². The number of ether oxygens (including phenoxy) is 1. The van der Waals surface area contributed by atoms with Gasteiger partial charge in [-0.2, -0.15) is 12.1 Å². The summed E-state index contributed by atoms with van der Waals surface area (Å²) in [4.78, 5) is 4.39. The minimum absolute atomic E-state index is 0. The second-order valence-electron chi connectivity index (χ2n) is 12.6. The molecule has 1 aromatic heterocycles. The van der Waals surface area contributed by atoms with Crippen molar-refractivity contribution in [1.82, 2.24) is 4.57 Å². The van der Waals surface area contributed by atoms with E-state index in [9.17, 15) is 0 Å². The molecule has 0 amide bonds. The van der Waals surface area contributed by atoms with E-state index >= 15 is 0 Å². The fraction of sp³-hybridized carbons (Fsp3) is 0.179. The standard InChI is InChI=1S/C39H36N4O.Pt/c1-26(2)41-27(3)42(36-18-11-10-17-35(36)41)29-13-12-14-30(24-29)44-31-19-20-33-32-15-8-9-16-34(32)43(37(33)25-31)38-23-28(39(4,5)6)21-22-40(38)7;/h8-23,26H,3,7H2,1-2,4-6H3;/q-2;+2. The molecule has 0 N–H and O–H groups in total.